The summed E-state index contributed by atoms with van der Waals surface area (Å²) >= 11 is 12.1. The zero-order chi connectivity index (χ0) is 43.8. The molecular weight excluding hydrogens is 841 g/mol. The molecule has 320 valence electrons. The van der Waals surface area contributed by atoms with Crippen molar-refractivity contribution in [3.05, 3.63) is 106 Å². The molecule has 2 aliphatic heterocycles. The Bertz CT molecular complexity index is 2500. The smallest absolute Gasteiger partial charge is 0.270 e. The minimum absolute atomic E-state index is 0.00757. The van der Waals surface area contributed by atoms with Gasteiger partial charge in [-0.2, -0.15) is 0 Å². The van der Waals surface area contributed by atoms with Crippen molar-refractivity contribution in [2.24, 2.45) is 0 Å². The molecule has 2 aromatic carbocycles. The van der Waals surface area contributed by atoms with Crippen molar-refractivity contribution in [2.75, 3.05) is 63.8 Å². The number of hydrogen-bond acceptors (Lipinski definition) is 11. The fourth-order valence-electron chi connectivity index (χ4n) is 8.03. The third-order valence-electron chi connectivity index (χ3n) is 11.6. The van der Waals surface area contributed by atoms with Crippen LogP contribution in [0.5, 0.6) is 0 Å². The highest BCUT2D eigenvalue weighted by Gasteiger charge is 2.35. The summed E-state index contributed by atoms with van der Waals surface area (Å²) in [6, 6.07) is 11.8. The Labute approximate surface area is 365 Å². The number of carbonyl (C=O) groups is 3. The predicted octanol–water partition coefficient (Wildman–Crippen LogP) is 5.90. The van der Waals surface area contributed by atoms with E-state index in [0.717, 1.165) is 0 Å². The lowest BCUT2D eigenvalue weighted by atomic mass is 10.0. The molecule has 2 amide bonds. The molecule has 2 fully saturated rings. The van der Waals surface area contributed by atoms with E-state index in [1.54, 1.807) is 58.6 Å². The number of rotatable bonds is 10. The van der Waals surface area contributed by atoms with Crippen molar-refractivity contribution in [3.8, 4) is 44.8 Å². The Balaban J connectivity index is 0.848. The van der Waals surface area contributed by atoms with E-state index in [9.17, 15) is 23.2 Å². The van der Waals surface area contributed by atoms with Crippen LogP contribution in [0.3, 0.4) is 0 Å². The number of nitrogens with one attached hydrogen (secondary N) is 2. The number of carbonyl (C=O) groups excluding carboxylic acids is 3. The number of amides is 2. The van der Waals surface area contributed by atoms with Crippen molar-refractivity contribution in [2.45, 2.75) is 25.9 Å². The molecule has 2 unspecified atom stereocenters. The minimum atomic E-state index is -0.618. The lowest BCUT2D eigenvalue weighted by Gasteiger charge is -2.41. The summed E-state index contributed by atoms with van der Waals surface area (Å²) in [5.74, 6) is -1.64. The first-order valence-corrected chi connectivity index (χ1v) is 20.7. The largest absolute Gasteiger partial charge is 0.368 e. The Morgan fingerprint density at radius 3 is 1.40 bits per heavy atom. The molecule has 0 saturated carbocycles. The zero-order valence-corrected chi connectivity index (χ0v) is 35.2. The van der Waals surface area contributed by atoms with Crippen LogP contribution in [-0.2, 0) is 4.79 Å². The van der Waals surface area contributed by atoms with Crippen LogP contribution in [0.25, 0.3) is 44.8 Å². The molecule has 6 N–H and O–H groups in total. The maximum atomic E-state index is 15.0. The number of nitrogens with zero attached hydrogens (tertiary/aromatic N) is 8. The van der Waals surface area contributed by atoms with E-state index in [1.807, 2.05) is 13.8 Å². The van der Waals surface area contributed by atoms with Crippen LogP contribution < -0.4 is 11.5 Å². The van der Waals surface area contributed by atoms with Crippen LogP contribution in [0, 0.1) is 11.6 Å². The quantitative estimate of drug-likeness (QED) is 0.128. The number of ketones is 1. The number of nitrogen functional groups attached to an aromatic ring is 2. The molecule has 0 aliphatic carbocycles. The Morgan fingerprint density at radius 2 is 1.02 bits per heavy atom. The maximum Gasteiger partial charge on any atom is 0.270 e. The van der Waals surface area contributed by atoms with Gasteiger partial charge in [0.2, 0.25) is 11.9 Å². The van der Waals surface area contributed by atoms with Crippen LogP contribution >= 0.6 is 23.2 Å². The summed E-state index contributed by atoms with van der Waals surface area (Å²) in [7, 11) is 0. The van der Waals surface area contributed by atoms with E-state index in [2.05, 4.69) is 39.7 Å². The van der Waals surface area contributed by atoms with Gasteiger partial charge in [-0.3, -0.25) is 24.2 Å². The lowest BCUT2D eigenvalue weighted by molar-refractivity contribution is -0.129. The molecule has 0 spiro atoms. The van der Waals surface area contributed by atoms with Crippen molar-refractivity contribution < 1.29 is 23.2 Å². The summed E-state index contributed by atoms with van der Waals surface area (Å²) < 4.78 is 30.0. The second-order valence-corrected chi connectivity index (χ2v) is 16.0. The van der Waals surface area contributed by atoms with Crippen LogP contribution in [0.2, 0.25) is 10.0 Å². The van der Waals surface area contributed by atoms with E-state index >= 15 is 0 Å². The average molecular weight is 884 g/mol. The monoisotopic (exact) mass is 882 g/mol. The van der Waals surface area contributed by atoms with Gasteiger partial charge >= 0.3 is 0 Å². The van der Waals surface area contributed by atoms with Crippen LogP contribution in [0.1, 0.15) is 34.8 Å². The summed E-state index contributed by atoms with van der Waals surface area (Å²) in [6.45, 7) is 7.39. The van der Waals surface area contributed by atoms with Gasteiger partial charge < -0.3 is 31.2 Å². The van der Waals surface area contributed by atoms with Gasteiger partial charge in [0.1, 0.15) is 23.0 Å². The van der Waals surface area contributed by atoms with Crippen molar-refractivity contribution in [1.82, 2.24) is 49.5 Å². The molecule has 15 nitrogen and oxygen atoms in total. The number of anilines is 2. The number of benzene rings is 2. The second-order valence-electron chi connectivity index (χ2n) is 15.2. The van der Waals surface area contributed by atoms with Crippen LogP contribution in [0.4, 0.5) is 20.7 Å². The van der Waals surface area contributed by atoms with E-state index in [1.165, 1.54) is 24.5 Å². The highest BCUT2D eigenvalue weighted by molar-refractivity contribution is 6.31. The first-order chi connectivity index (χ1) is 29.8. The SMILES string of the molecule is CC(C(=O)C(C)N1CCN(C(=O)c2cc(-c3nc(N)ncc3-c3cccc(Cl)c3F)c[nH]2)CC1)N1CCN(C(=O)c2cc(-c3nc(N)ncc3-c3cccc(Cl)c3F)c[nH]2)CC1. The van der Waals surface area contributed by atoms with Crippen LogP contribution in [0.15, 0.2) is 73.3 Å². The van der Waals surface area contributed by atoms with Gasteiger partial charge in [-0.1, -0.05) is 47.5 Å². The van der Waals surface area contributed by atoms with Gasteiger partial charge in [-0.15, -0.1) is 0 Å². The number of H-pyrrole nitrogens is 2. The van der Waals surface area contributed by atoms with Gasteiger partial charge in [0.15, 0.2) is 5.78 Å². The van der Waals surface area contributed by atoms with Crippen molar-refractivity contribution in [1.29, 1.82) is 0 Å². The molecule has 0 bridgehead atoms. The number of halogens is 4. The summed E-state index contributed by atoms with van der Waals surface area (Å²) in [5, 5.41) is -0.0925. The first-order valence-electron chi connectivity index (χ1n) is 19.9. The molecule has 19 heteroatoms. The number of Topliss-reactive ketones (excluding diaryl/α,β-unsaturated/α-hetero) is 1. The van der Waals surface area contributed by atoms with E-state index in [-0.39, 0.29) is 50.7 Å². The highest BCUT2D eigenvalue weighted by Crippen LogP contribution is 2.36. The minimum Gasteiger partial charge on any atom is -0.368 e. The van der Waals surface area contributed by atoms with E-state index in [4.69, 9.17) is 34.7 Å². The molecular formula is C43H42Cl2F2N12O3. The van der Waals surface area contributed by atoms with Crippen molar-refractivity contribution >= 4 is 52.7 Å². The molecule has 2 saturated heterocycles. The summed E-state index contributed by atoms with van der Waals surface area (Å²) in [6.07, 6.45) is 6.09. The van der Waals surface area contributed by atoms with Gasteiger partial charge in [0.25, 0.3) is 11.8 Å². The molecule has 8 rings (SSSR count). The number of piperazine rings is 2. The molecule has 62 heavy (non-hydrogen) atoms. The van der Waals surface area contributed by atoms with Gasteiger partial charge in [0.05, 0.1) is 33.5 Å². The summed E-state index contributed by atoms with van der Waals surface area (Å²) in [4.78, 5) is 71.6. The maximum absolute atomic E-state index is 15.0. The third-order valence-corrected chi connectivity index (χ3v) is 12.2. The predicted molar refractivity (Wildman–Crippen MR) is 232 cm³/mol. The number of aromatic nitrogens is 6. The topological polar surface area (TPSA) is 199 Å². The highest BCUT2D eigenvalue weighted by atomic mass is 35.5. The zero-order valence-electron chi connectivity index (χ0n) is 33.7. The van der Waals surface area contributed by atoms with Crippen LogP contribution in [-0.4, -0.2) is 132 Å². The Hall–Kier alpha value is -6.27. The lowest BCUT2D eigenvalue weighted by Crippen LogP contribution is -2.58. The number of aromatic amines is 2. The molecule has 6 aromatic rings. The molecule has 2 aliphatic rings. The Morgan fingerprint density at radius 1 is 0.629 bits per heavy atom. The van der Waals surface area contributed by atoms with E-state index < -0.39 is 23.7 Å². The molecule has 0 radical (unpaired) electrons. The summed E-state index contributed by atoms with van der Waals surface area (Å²) in [5.41, 5.74) is 15.3. The third kappa shape index (κ3) is 8.35. The van der Waals surface area contributed by atoms with Gasteiger partial charge in [0, 0.05) is 111 Å². The molecule has 2 atom stereocenters. The number of hydrogen-bond donors (Lipinski definition) is 4. The average Bonchev–Trinajstić information content (AvgIpc) is 3.99. The fraction of sp³-hybridized carbons (Fsp3) is 0.279. The number of nitrogens with two attached hydrogens (primary N) is 2. The normalized spacial score (nSPS) is 16.0. The fourth-order valence-corrected chi connectivity index (χ4v) is 8.38. The molecule has 6 heterocycles. The van der Waals surface area contributed by atoms with Gasteiger partial charge in [-0.25, -0.2) is 28.7 Å². The standard InChI is InChI=1S/C43H42Cl2F2N12O3/c1-23(56-9-13-58(14-10-56)40(61)33-17-25(19-50-33)37-29(21-52-42(48)54-37)27-5-3-7-31(44)35(27)46)39(60)24(2)57-11-15-59(16-12-57)41(62)34-18-26(20-51-34)38-30(22-53-43(49)55-38)28-6-4-8-32(45)36(28)47/h3-8,17-24,50-51H,9-16H2,1-2H3,(H2,48,52,54)(H2,49,53,55). The van der Waals surface area contributed by atoms with Gasteiger partial charge in [-0.05, 0) is 38.1 Å². The first kappa shape index (κ1) is 42.4. The second kappa shape index (κ2) is 17.6. The van der Waals surface area contributed by atoms with Crippen molar-refractivity contribution in [3.63, 3.8) is 0 Å². The Kier molecular flexibility index (Phi) is 12.0. The van der Waals surface area contributed by atoms with E-state index in [0.29, 0.717) is 97.4 Å². The molecule has 4 aromatic heterocycles.